The zero-order valence-electron chi connectivity index (χ0n) is 33.0. The minimum absolute atomic E-state index is 0.0197. The number of ether oxygens (including phenoxy) is 4. The fourth-order valence-corrected chi connectivity index (χ4v) is 6.67. The number of imidazole rings is 2. The number of hydrogen-bond donors (Lipinski definition) is 1. The molecule has 4 aromatic carbocycles. The van der Waals surface area contributed by atoms with Crippen LogP contribution in [0.3, 0.4) is 0 Å². The molecule has 320 valence electrons. The summed E-state index contributed by atoms with van der Waals surface area (Å²) in [5.74, 6) is -1.25. The molecule has 7 aromatic rings. The molecule has 1 amide bonds. The highest BCUT2D eigenvalue weighted by atomic mass is 79.9. The number of fused-ring (bicyclic) bond motifs is 2. The number of halogens is 7. The fraction of sp³-hybridized carbons (Fsp3) is 0.244. The number of ketones is 1. The molecule has 0 aliphatic carbocycles. The second-order valence-corrected chi connectivity index (χ2v) is 14.1. The minimum Gasteiger partial charge on any atom is -0.496 e. The SMILES string of the molecule is COc1cc(-n2cnc3cc(-n4ccc(C)n4)ccc32)cc(OC)c1C(=O)CCC(F)(F)F.COc1cc(-n2cnc3cc(Br)ccc32)cc(OC)c1C(=O)NCC(F)(F)F. The molecule has 0 unspecified atom stereocenters. The maximum absolute atomic E-state index is 12.6. The van der Waals surface area contributed by atoms with E-state index in [1.165, 1.54) is 40.6 Å². The van der Waals surface area contributed by atoms with Crippen LogP contribution in [0.2, 0.25) is 0 Å². The number of carbonyl (C=O) groups is 2. The van der Waals surface area contributed by atoms with E-state index in [9.17, 15) is 35.9 Å². The Morgan fingerprint density at radius 2 is 1.18 bits per heavy atom. The lowest BCUT2D eigenvalue weighted by Crippen LogP contribution is -2.34. The van der Waals surface area contributed by atoms with Crippen LogP contribution in [0.1, 0.15) is 39.3 Å². The Balaban J connectivity index is 0.000000207. The lowest BCUT2D eigenvalue weighted by Gasteiger charge is -2.16. The number of nitrogens with one attached hydrogen (secondary N) is 1. The largest absolute Gasteiger partial charge is 0.496 e. The van der Waals surface area contributed by atoms with Crippen molar-refractivity contribution in [2.45, 2.75) is 32.1 Å². The van der Waals surface area contributed by atoms with Crippen molar-refractivity contribution in [3.8, 4) is 40.1 Å². The first-order valence-electron chi connectivity index (χ1n) is 18.0. The Kier molecular flexibility index (Phi) is 13.0. The smallest absolute Gasteiger partial charge is 0.405 e. The van der Waals surface area contributed by atoms with Gasteiger partial charge in [0.1, 0.15) is 53.3 Å². The van der Waals surface area contributed by atoms with Crippen molar-refractivity contribution >= 4 is 49.7 Å². The average molecular weight is 917 g/mol. The molecule has 0 spiro atoms. The van der Waals surface area contributed by atoms with Gasteiger partial charge in [-0.1, -0.05) is 15.9 Å². The summed E-state index contributed by atoms with van der Waals surface area (Å²) in [5.41, 5.74) is 5.78. The third kappa shape index (κ3) is 10.1. The molecule has 0 aliphatic rings. The topological polar surface area (TPSA) is 137 Å². The van der Waals surface area contributed by atoms with Crippen molar-refractivity contribution in [1.82, 2.24) is 34.2 Å². The van der Waals surface area contributed by atoms with E-state index in [2.05, 4.69) is 31.0 Å². The molecule has 0 bridgehead atoms. The van der Waals surface area contributed by atoms with E-state index >= 15 is 0 Å². The average Bonchev–Trinajstić information content (AvgIpc) is 3.98. The van der Waals surface area contributed by atoms with Gasteiger partial charge in [0.25, 0.3) is 5.91 Å². The molecule has 3 aromatic heterocycles. The van der Waals surface area contributed by atoms with Crippen LogP contribution in [0.5, 0.6) is 23.0 Å². The minimum atomic E-state index is -4.53. The Morgan fingerprint density at radius 1 is 0.672 bits per heavy atom. The van der Waals surface area contributed by atoms with Gasteiger partial charge in [-0.25, -0.2) is 14.6 Å². The molecule has 0 saturated heterocycles. The second kappa shape index (κ2) is 18.0. The van der Waals surface area contributed by atoms with E-state index in [0.29, 0.717) is 16.9 Å². The summed E-state index contributed by atoms with van der Waals surface area (Å²) in [6.45, 7) is 0.447. The zero-order valence-corrected chi connectivity index (χ0v) is 34.6. The number of Topliss-reactive ketones (excluding diaryl/α,β-unsaturated/α-hetero) is 1. The van der Waals surface area contributed by atoms with Crippen LogP contribution in [0, 0.1) is 6.92 Å². The predicted molar refractivity (Wildman–Crippen MR) is 216 cm³/mol. The van der Waals surface area contributed by atoms with Crippen LogP contribution in [-0.4, -0.2) is 87.9 Å². The van der Waals surface area contributed by atoms with E-state index in [-0.39, 0.29) is 34.1 Å². The third-order valence-electron chi connectivity index (χ3n) is 9.16. The number of methoxy groups -OCH3 is 4. The van der Waals surface area contributed by atoms with Gasteiger partial charge >= 0.3 is 12.4 Å². The third-order valence-corrected chi connectivity index (χ3v) is 9.65. The Labute approximate surface area is 351 Å². The molecule has 61 heavy (non-hydrogen) atoms. The quantitative estimate of drug-likeness (QED) is 0.0940. The van der Waals surface area contributed by atoms with Crippen LogP contribution in [0.25, 0.3) is 39.1 Å². The summed E-state index contributed by atoms with van der Waals surface area (Å²) in [6, 6.07) is 19.4. The molecule has 20 heteroatoms. The van der Waals surface area contributed by atoms with E-state index in [1.807, 2.05) is 60.9 Å². The fourth-order valence-electron chi connectivity index (χ4n) is 6.32. The molecule has 7 rings (SSSR count). The number of amides is 1. The van der Waals surface area contributed by atoms with Crippen LogP contribution >= 0.6 is 15.9 Å². The van der Waals surface area contributed by atoms with Gasteiger partial charge in [0.2, 0.25) is 0 Å². The van der Waals surface area contributed by atoms with Crippen molar-refractivity contribution in [2.24, 2.45) is 0 Å². The molecule has 13 nitrogen and oxygen atoms in total. The molecule has 0 fully saturated rings. The Morgan fingerprint density at radius 3 is 1.66 bits per heavy atom. The highest BCUT2D eigenvalue weighted by Crippen LogP contribution is 2.37. The van der Waals surface area contributed by atoms with Crippen molar-refractivity contribution in [3.63, 3.8) is 0 Å². The first-order chi connectivity index (χ1) is 28.9. The number of aryl methyl sites for hydroxylation is 1. The van der Waals surface area contributed by atoms with Crippen LogP contribution in [-0.2, 0) is 0 Å². The number of rotatable bonds is 12. The second-order valence-electron chi connectivity index (χ2n) is 13.2. The van der Waals surface area contributed by atoms with Crippen LogP contribution in [0.15, 0.2) is 90.1 Å². The highest BCUT2D eigenvalue weighted by molar-refractivity contribution is 9.10. The number of nitrogens with zero attached hydrogens (tertiary/aromatic N) is 6. The molecule has 0 aliphatic heterocycles. The number of carbonyl (C=O) groups excluding carboxylic acids is 2. The molecule has 0 saturated carbocycles. The molecular weight excluding hydrogens is 880 g/mol. The monoisotopic (exact) mass is 915 g/mol. The van der Waals surface area contributed by atoms with Crippen LogP contribution < -0.4 is 24.3 Å². The van der Waals surface area contributed by atoms with Crippen molar-refractivity contribution in [2.75, 3.05) is 35.0 Å². The summed E-state index contributed by atoms with van der Waals surface area (Å²) in [6.07, 6.45) is -5.81. The van der Waals surface area contributed by atoms with Crippen LogP contribution in [0.4, 0.5) is 26.3 Å². The zero-order chi connectivity index (χ0) is 44.2. The lowest BCUT2D eigenvalue weighted by atomic mass is 10.0. The van der Waals surface area contributed by atoms with E-state index < -0.39 is 43.4 Å². The summed E-state index contributed by atoms with van der Waals surface area (Å²) in [7, 11) is 5.34. The summed E-state index contributed by atoms with van der Waals surface area (Å²) < 4.78 is 102. The van der Waals surface area contributed by atoms with Crippen molar-refractivity contribution < 1.29 is 54.9 Å². The molecular formula is C41H36BrF6N7O6. The molecule has 3 heterocycles. The number of alkyl halides is 6. The van der Waals surface area contributed by atoms with Gasteiger partial charge in [-0.3, -0.25) is 18.7 Å². The first-order valence-corrected chi connectivity index (χ1v) is 18.8. The lowest BCUT2D eigenvalue weighted by molar-refractivity contribution is -0.133. The van der Waals surface area contributed by atoms with Crippen molar-refractivity contribution in [3.05, 3.63) is 107 Å². The van der Waals surface area contributed by atoms with Gasteiger partial charge in [-0.2, -0.15) is 31.4 Å². The van der Waals surface area contributed by atoms with E-state index in [4.69, 9.17) is 18.9 Å². The number of hydrogen-bond acceptors (Lipinski definition) is 9. The molecule has 0 atom stereocenters. The standard InChI is InChI=1S/C23H21F3N4O3.C18H15BrF3N3O3/c1-14-7-9-30(28-14)15-4-5-18-17(10-15)27-13-29(18)16-11-20(32-2)22(21(12-16)33-3)19(31)6-8-23(24,25)26;1-27-14-6-11(25-9-24-12-5-10(19)3-4-13(12)25)7-15(28-2)16(14)17(26)23-8-18(20,21)22/h4-5,7,9-13H,6,8H2,1-3H3;3-7,9H,8H2,1-2H3,(H,23,26). The predicted octanol–water partition coefficient (Wildman–Crippen LogP) is 9.16. The highest BCUT2D eigenvalue weighted by Gasteiger charge is 2.31. The van der Waals surface area contributed by atoms with Gasteiger partial charge in [0.15, 0.2) is 5.78 Å². The summed E-state index contributed by atoms with van der Waals surface area (Å²) in [4.78, 5) is 33.6. The maximum atomic E-state index is 12.6. The number of benzene rings is 4. The Bertz CT molecular complexity index is 2680. The first kappa shape index (κ1) is 44.0. The summed E-state index contributed by atoms with van der Waals surface area (Å²) >= 11 is 3.38. The summed E-state index contributed by atoms with van der Waals surface area (Å²) in [5, 5.41) is 6.23. The Hall–Kier alpha value is -6.57. The van der Waals surface area contributed by atoms with Crippen molar-refractivity contribution in [1.29, 1.82) is 0 Å². The normalized spacial score (nSPS) is 11.6. The van der Waals surface area contributed by atoms with Gasteiger partial charge in [0.05, 0.1) is 79.7 Å². The van der Waals surface area contributed by atoms with Gasteiger partial charge in [0, 0.05) is 41.4 Å². The molecule has 0 radical (unpaired) electrons. The van der Waals surface area contributed by atoms with Gasteiger partial charge in [-0.15, -0.1) is 0 Å². The van der Waals surface area contributed by atoms with E-state index in [1.54, 1.807) is 38.6 Å². The maximum Gasteiger partial charge on any atom is 0.405 e. The number of aromatic nitrogens is 6. The van der Waals surface area contributed by atoms with Gasteiger partial charge in [-0.05, 0) is 49.4 Å². The molecule has 1 N–H and O–H groups in total. The van der Waals surface area contributed by atoms with Gasteiger partial charge < -0.3 is 24.3 Å². The van der Waals surface area contributed by atoms with E-state index in [0.717, 1.165) is 32.4 Å².